The van der Waals surface area contributed by atoms with E-state index in [-0.39, 0.29) is 20.9 Å². The van der Waals surface area contributed by atoms with Gasteiger partial charge in [0.05, 0.1) is 25.3 Å². The van der Waals surface area contributed by atoms with Gasteiger partial charge in [-0.3, -0.25) is 4.57 Å². The van der Waals surface area contributed by atoms with Gasteiger partial charge in [-0.25, -0.2) is 4.79 Å². The number of carbonyl (C=O) groups excluding carboxylic acids is 1. The second-order valence-electron chi connectivity index (χ2n) is 7.70. The highest BCUT2D eigenvalue weighted by Crippen LogP contribution is 2.31. The number of nitrogens with zero attached hydrogens (tertiary/aromatic N) is 3. The van der Waals surface area contributed by atoms with Crippen LogP contribution in [-0.2, 0) is 0 Å². The Morgan fingerprint density at radius 3 is 1.70 bits per heavy atom. The Balaban J connectivity index is 0.00000153. The molecule has 0 bridgehead atoms. The van der Waals surface area contributed by atoms with Crippen LogP contribution in [0.4, 0.5) is 10.5 Å². The number of hydrogen-bond donors (Lipinski definition) is 0. The molecule has 1 aromatic heterocycles. The van der Waals surface area contributed by atoms with Gasteiger partial charge in [0.25, 0.3) is 0 Å². The van der Waals surface area contributed by atoms with Crippen molar-refractivity contribution in [2.24, 2.45) is 0 Å². The fourth-order valence-electron chi connectivity index (χ4n) is 4.40. The smallest absolute Gasteiger partial charge is 0.329 e. The Morgan fingerprint density at radius 2 is 1.21 bits per heavy atom. The third-order valence-electron chi connectivity index (χ3n) is 6.02. The van der Waals surface area contributed by atoms with Crippen LogP contribution in [0.25, 0.3) is 21.8 Å². The summed E-state index contributed by atoms with van der Waals surface area (Å²) in [6, 6.07) is 22.1. The van der Waals surface area contributed by atoms with Crippen molar-refractivity contribution >= 4 is 33.5 Å². The van der Waals surface area contributed by atoms with Crippen LogP contribution in [0, 0.1) is 0 Å². The zero-order valence-electron chi connectivity index (χ0n) is 17.7. The molecule has 0 aliphatic carbocycles. The summed E-state index contributed by atoms with van der Waals surface area (Å²) in [6.07, 6.45) is 0. The average Bonchev–Trinajstić information content (AvgIpc) is 3.18. The first-order chi connectivity index (χ1) is 15.2. The van der Waals surface area contributed by atoms with E-state index in [1.165, 1.54) is 0 Å². The molecule has 174 valence electrons. The Hall–Kier alpha value is -3.67. The summed E-state index contributed by atoms with van der Waals surface area (Å²) >= 11 is 0. The van der Waals surface area contributed by atoms with E-state index in [0.29, 0.717) is 13.1 Å². The second-order valence-corrected chi connectivity index (χ2v) is 7.70. The molecule has 6 heteroatoms. The lowest BCUT2D eigenvalue weighted by Crippen LogP contribution is -2.50. The maximum atomic E-state index is 13.6. The molecule has 0 saturated carbocycles. The van der Waals surface area contributed by atoms with Crippen LogP contribution in [0.15, 0.2) is 66.7 Å². The third kappa shape index (κ3) is 4.21. The van der Waals surface area contributed by atoms with Crippen molar-refractivity contribution in [2.45, 2.75) is 14.9 Å². The number of para-hydroxylation sites is 2. The number of carbonyl (C=O) groups is 1. The molecular formula is C27H33N3O3. The van der Waals surface area contributed by atoms with Crippen LogP contribution in [0.3, 0.4) is 0 Å². The Morgan fingerprint density at radius 1 is 0.727 bits per heavy atom. The summed E-state index contributed by atoms with van der Waals surface area (Å²) in [6.45, 7) is 2.80. The van der Waals surface area contributed by atoms with E-state index < -0.39 is 0 Å². The summed E-state index contributed by atoms with van der Waals surface area (Å²) in [5, 5.41) is 2.21. The van der Waals surface area contributed by atoms with E-state index in [4.69, 9.17) is 9.47 Å². The van der Waals surface area contributed by atoms with Crippen molar-refractivity contribution in [3.05, 3.63) is 66.7 Å². The predicted molar refractivity (Wildman–Crippen MR) is 137 cm³/mol. The monoisotopic (exact) mass is 447 g/mol. The number of benzene rings is 3. The van der Waals surface area contributed by atoms with Gasteiger partial charge in [-0.2, -0.15) is 0 Å². The Bertz CT molecular complexity index is 1180. The molecule has 2 heterocycles. The van der Waals surface area contributed by atoms with E-state index >= 15 is 0 Å². The molecular weight excluding hydrogens is 414 g/mol. The summed E-state index contributed by atoms with van der Waals surface area (Å²) in [7, 11) is 3.31. The highest BCUT2D eigenvalue weighted by molar-refractivity contribution is 6.13. The van der Waals surface area contributed by atoms with Gasteiger partial charge in [0.1, 0.15) is 11.5 Å². The minimum Gasteiger partial charge on any atom is -0.497 e. The number of anilines is 1. The number of ether oxygens (including phenoxy) is 2. The minimum atomic E-state index is 0. The molecule has 33 heavy (non-hydrogen) atoms. The third-order valence-corrected chi connectivity index (χ3v) is 6.02. The van der Waals surface area contributed by atoms with Gasteiger partial charge in [0, 0.05) is 60.8 Å². The van der Waals surface area contributed by atoms with Gasteiger partial charge < -0.3 is 19.3 Å². The van der Waals surface area contributed by atoms with Gasteiger partial charge in [-0.05, 0) is 12.1 Å². The molecule has 0 spiro atoms. The zero-order valence-corrected chi connectivity index (χ0v) is 17.7. The molecule has 3 aromatic carbocycles. The van der Waals surface area contributed by atoms with Crippen molar-refractivity contribution in [3.8, 4) is 11.5 Å². The summed E-state index contributed by atoms with van der Waals surface area (Å²) < 4.78 is 12.7. The van der Waals surface area contributed by atoms with Crippen LogP contribution in [0.5, 0.6) is 11.5 Å². The van der Waals surface area contributed by atoms with Crippen molar-refractivity contribution in [3.63, 3.8) is 0 Å². The molecule has 0 atom stereocenters. The number of piperazine rings is 1. The van der Waals surface area contributed by atoms with Gasteiger partial charge >= 0.3 is 6.03 Å². The van der Waals surface area contributed by atoms with Gasteiger partial charge in [0.2, 0.25) is 0 Å². The van der Waals surface area contributed by atoms with Crippen LogP contribution in [0.2, 0.25) is 0 Å². The van der Waals surface area contributed by atoms with Gasteiger partial charge in [0.15, 0.2) is 0 Å². The molecule has 4 aromatic rings. The van der Waals surface area contributed by atoms with E-state index in [9.17, 15) is 4.79 Å². The fraction of sp³-hybridized carbons (Fsp3) is 0.296. The van der Waals surface area contributed by atoms with E-state index in [1.54, 1.807) is 14.2 Å². The van der Waals surface area contributed by atoms with Gasteiger partial charge in [-0.15, -0.1) is 0 Å². The minimum absolute atomic E-state index is 0. The number of fused-ring (bicyclic) bond motifs is 3. The predicted octanol–water partition coefficient (Wildman–Crippen LogP) is 5.87. The summed E-state index contributed by atoms with van der Waals surface area (Å²) in [5.74, 6) is 1.52. The number of hydrogen-bond acceptors (Lipinski definition) is 4. The Kier molecular flexibility index (Phi) is 7.16. The lowest BCUT2D eigenvalue weighted by Gasteiger charge is -2.36. The van der Waals surface area contributed by atoms with Gasteiger partial charge in [-0.1, -0.05) is 51.3 Å². The number of amides is 1. The molecule has 0 unspecified atom stereocenters. The fourth-order valence-corrected chi connectivity index (χ4v) is 4.40. The van der Waals surface area contributed by atoms with Crippen molar-refractivity contribution in [1.29, 1.82) is 0 Å². The summed E-state index contributed by atoms with van der Waals surface area (Å²) in [4.78, 5) is 17.8. The largest absolute Gasteiger partial charge is 0.497 e. The molecule has 1 fully saturated rings. The average molecular weight is 448 g/mol. The second kappa shape index (κ2) is 9.86. The molecule has 1 saturated heterocycles. The van der Waals surface area contributed by atoms with Crippen molar-refractivity contribution < 1.29 is 14.3 Å². The van der Waals surface area contributed by atoms with E-state index in [2.05, 4.69) is 17.0 Å². The Labute approximate surface area is 195 Å². The lowest BCUT2D eigenvalue weighted by atomic mass is 10.2. The topological polar surface area (TPSA) is 46.9 Å². The zero-order chi connectivity index (χ0) is 21.4. The molecule has 0 radical (unpaired) electrons. The maximum Gasteiger partial charge on any atom is 0.329 e. The highest BCUT2D eigenvalue weighted by Gasteiger charge is 2.25. The number of rotatable bonds is 3. The molecule has 1 aliphatic rings. The number of methoxy groups -OCH3 is 2. The quantitative estimate of drug-likeness (QED) is 0.394. The lowest BCUT2D eigenvalue weighted by molar-refractivity contribution is 0.198. The van der Waals surface area contributed by atoms with E-state index in [0.717, 1.165) is 52.1 Å². The first-order valence-electron chi connectivity index (χ1n) is 10.4. The molecule has 1 aliphatic heterocycles. The van der Waals surface area contributed by atoms with Crippen LogP contribution in [-0.4, -0.2) is 55.9 Å². The maximum absolute atomic E-state index is 13.6. The molecule has 6 nitrogen and oxygen atoms in total. The molecule has 5 rings (SSSR count). The standard InChI is InChI=1S/C25H25N3O3.2CH4/c1-30-19-15-18(16-20(17-19)31-2)26-11-13-27(14-12-26)25(29)28-23-9-5-3-7-21(23)22-8-4-6-10-24(22)28;;/h3-10,15-17H,11-14H2,1-2H3;2*1H4. The van der Waals surface area contributed by atoms with Crippen LogP contribution >= 0.6 is 0 Å². The van der Waals surface area contributed by atoms with Crippen LogP contribution < -0.4 is 14.4 Å². The first kappa shape index (κ1) is 24.0. The van der Waals surface area contributed by atoms with Crippen molar-refractivity contribution in [2.75, 3.05) is 45.3 Å². The summed E-state index contributed by atoms with van der Waals surface area (Å²) in [5.41, 5.74) is 2.95. The highest BCUT2D eigenvalue weighted by atomic mass is 16.5. The molecule has 1 amide bonds. The number of aromatic nitrogens is 1. The van der Waals surface area contributed by atoms with Crippen molar-refractivity contribution in [1.82, 2.24) is 9.47 Å². The SMILES string of the molecule is C.C.COc1cc(OC)cc(N2CCN(C(=O)n3c4ccccc4c4ccccc43)CC2)c1. The normalized spacial score (nSPS) is 13.4. The van der Waals surface area contributed by atoms with E-state index in [1.807, 2.05) is 64.1 Å². The van der Waals surface area contributed by atoms with Crippen LogP contribution in [0.1, 0.15) is 14.9 Å². The molecule has 0 N–H and O–H groups in total. The first-order valence-corrected chi connectivity index (χ1v) is 10.4.